The van der Waals surface area contributed by atoms with Crippen LogP contribution in [0.5, 0.6) is 5.88 Å². The zero-order chi connectivity index (χ0) is 14.5. The fraction of sp³-hybridized carbons (Fsp3) is 0.375. The summed E-state index contributed by atoms with van der Waals surface area (Å²) in [5, 5.41) is 3.46. The summed E-state index contributed by atoms with van der Waals surface area (Å²) < 4.78 is 5.12. The molecule has 0 amide bonds. The molecule has 1 atom stereocenters. The van der Waals surface area contributed by atoms with Crippen LogP contribution < -0.4 is 10.1 Å². The number of rotatable bonds is 5. The molecule has 0 saturated carbocycles. The molecule has 1 aromatic carbocycles. The highest BCUT2D eigenvalue weighted by Crippen LogP contribution is 2.18. The quantitative estimate of drug-likeness (QED) is 0.912. The van der Waals surface area contributed by atoms with E-state index in [9.17, 15) is 0 Å². The third kappa shape index (κ3) is 3.70. The minimum Gasteiger partial charge on any atom is -0.481 e. The van der Waals surface area contributed by atoms with Crippen molar-refractivity contribution >= 4 is 5.82 Å². The topological polar surface area (TPSA) is 50.3 Å². The smallest absolute Gasteiger partial charge is 0.218 e. The molecule has 1 N–H and O–H groups in total. The molecule has 0 unspecified atom stereocenters. The molecule has 2 heterocycles. The Morgan fingerprint density at radius 2 is 2.14 bits per heavy atom. The van der Waals surface area contributed by atoms with E-state index in [2.05, 4.69) is 50.5 Å². The van der Waals surface area contributed by atoms with Gasteiger partial charge in [-0.05, 0) is 12.0 Å². The number of anilines is 1. The van der Waals surface area contributed by atoms with E-state index in [0.29, 0.717) is 11.9 Å². The van der Waals surface area contributed by atoms with Crippen molar-refractivity contribution in [2.75, 3.05) is 25.5 Å². The van der Waals surface area contributed by atoms with E-state index in [0.717, 1.165) is 31.9 Å². The molecule has 1 aliphatic heterocycles. The monoisotopic (exact) mass is 284 g/mol. The van der Waals surface area contributed by atoms with Crippen LogP contribution in [0, 0.1) is 0 Å². The third-order valence-corrected chi connectivity index (χ3v) is 3.72. The lowest BCUT2D eigenvalue weighted by molar-refractivity contribution is 0.328. The lowest BCUT2D eigenvalue weighted by Crippen LogP contribution is -2.26. The zero-order valence-corrected chi connectivity index (χ0v) is 12.2. The molecule has 1 fully saturated rings. The minimum absolute atomic E-state index is 0.424. The molecular weight excluding hydrogens is 264 g/mol. The first-order chi connectivity index (χ1) is 10.3. The standard InChI is InChI=1S/C16H20N4O/c1-21-16-9-15(17-12-18-16)19-14-7-8-20(11-14)10-13-5-3-2-4-6-13/h2-6,9,12,14H,7-8,10-11H2,1H3,(H,17,18,19)/t14-/m0/s1. The number of likely N-dealkylation sites (tertiary alicyclic amines) is 1. The molecule has 5 heteroatoms. The van der Waals surface area contributed by atoms with Crippen LogP contribution in [0.1, 0.15) is 12.0 Å². The maximum atomic E-state index is 5.12. The van der Waals surface area contributed by atoms with Gasteiger partial charge in [-0.25, -0.2) is 9.97 Å². The normalized spacial score (nSPS) is 18.6. The van der Waals surface area contributed by atoms with E-state index in [4.69, 9.17) is 4.74 Å². The van der Waals surface area contributed by atoms with Gasteiger partial charge in [-0.3, -0.25) is 4.90 Å². The average Bonchev–Trinajstić information content (AvgIpc) is 2.95. The highest BCUT2D eigenvalue weighted by Gasteiger charge is 2.22. The average molecular weight is 284 g/mol. The van der Waals surface area contributed by atoms with Crippen molar-refractivity contribution in [3.05, 3.63) is 48.3 Å². The second-order valence-corrected chi connectivity index (χ2v) is 5.30. The first-order valence-corrected chi connectivity index (χ1v) is 7.22. The molecule has 21 heavy (non-hydrogen) atoms. The minimum atomic E-state index is 0.424. The summed E-state index contributed by atoms with van der Waals surface area (Å²) in [4.78, 5) is 10.7. The van der Waals surface area contributed by atoms with Crippen molar-refractivity contribution < 1.29 is 4.74 Å². The summed E-state index contributed by atoms with van der Waals surface area (Å²) in [5.74, 6) is 1.42. The lowest BCUT2D eigenvalue weighted by atomic mass is 10.2. The highest BCUT2D eigenvalue weighted by molar-refractivity contribution is 5.38. The predicted octanol–water partition coefficient (Wildman–Crippen LogP) is 2.17. The molecule has 0 aliphatic carbocycles. The van der Waals surface area contributed by atoms with Crippen molar-refractivity contribution in [3.63, 3.8) is 0 Å². The van der Waals surface area contributed by atoms with E-state index in [1.54, 1.807) is 7.11 Å². The van der Waals surface area contributed by atoms with Crippen molar-refractivity contribution in [1.82, 2.24) is 14.9 Å². The number of hydrogen-bond donors (Lipinski definition) is 1. The molecule has 1 aromatic heterocycles. The molecule has 3 rings (SSSR count). The highest BCUT2D eigenvalue weighted by atomic mass is 16.5. The van der Waals surface area contributed by atoms with Gasteiger partial charge in [-0.15, -0.1) is 0 Å². The van der Waals surface area contributed by atoms with Crippen LogP contribution in [0.15, 0.2) is 42.7 Å². The van der Waals surface area contributed by atoms with Gasteiger partial charge in [0.2, 0.25) is 5.88 Å². The number of benzene rings is 1. The first-order valence-electron chi connectivity index (χ1n) is 7.22. The zero-order valence-electron chi connectivity index (χ0n) is 12.2. The van der Waals surface area contributed by atoms with Gasteiger partial charge in [0.15, 0.2) is 0 Å². The van der Waals surface area contributed by atoms with Crippen LogP contribution in [-0.2, 0) is 6.54 Å². The molecule has 110 valence electrons. The van der Waals surface area contributed by atoms with E-state index < -0.39 is 0 Å². The molecule has 1 aliphatic rings. The summed E-state index contributed by atoms with van der Waals surface area (Å²) >= 11 is 0. The Kier molecular flexibility index (Phi) is 4.31. The second-order valence-electron chi connectivity index (χ2n) is 5.30. The van der Waals surface area contributed by atoms with E-state index in [-0.39, 0.29) is 0 Å². The van der Waals surface area contributed by atoms with Gasteiger partial charge in [-0.2, -0.15) is 0 Å². The van der Waals surface area contributed by atoms with Crippen LogP contribution in [0.25, 0.3) is 0 Å². The van der Waals surface area contributed by atoms with Crippen molar-refractivity contribution in [2.45, 2.75) is 19.0 Å². The van der Waals surface area contributed by atoms with Crippen LogP contribution in [0.2, 0.25) is 0 Å². The fourth-order valence-corrected chi connectivity index (χ4v) is 2.67. The van der Waals surface area contributed by atoms with Crippen LogP contribution in [0.4, 0.5) is 5.82 Å². The molecule has 0 bridgehead atoms. The van der Waals surface area contributed by atoms with Gasteiger partial charge in [0.1, 0.15) is 12.1 Å². The van der Waals surface area contributed by atoms with Crippen molar-refractivity contribution in [2.24, 2.45) is 0 Å². The van der Waals surface area contributed by atoms with Crippen LogP contribution in [0.3, 0.4) is 0 Å². The van der Waals surface area contributed by atoms with E-state index >= 15 is 0 Å². The largest absolute Gasteiger partial charge is 0.481 e. The Morgan fingerprint density at radius 3 is 2.95 bits per heavy atom. The molecule has 1 saturated heterocycles. The molecular formula is C16H20N4O. The molecule has 0 radical (unpaired) electrons. The van der Waals surface area contributed by atoms with E-state index in [1.165, 1.54) is 11.9 Å². The number of nitrogens with one attached hydrogen (secondary N) is 1. The Hall–Kier alpha value is -2.14. The molecule has 0 spiro atoms. The third-order valence-electron chi connectivity index (χ3n) is 3.72. The van der Waals surface area contributed by atoms with Crippen molar-refractivity contribution in [1.29, 1.82) is 0 Å². The maximum absolute atomic E-state index is 5.12. The van der Waals surface area contributed by atoms with Gasteiger partial charge < -0.3 is 10.1 Å². The Labute approximate surface area is 125 Å². The Morgan fingerprint density at radius 1 is 1.29 bits per heavy atom. The summed E-state index contributed by atoms with van der Waals surface area (Å²) in [7, 11) is 1.61. The van der Waals surface area contributed by atoms with Gasteiger partial charge >= 0.3 is 0 Å². The predicted molar refractivity (Wildman–Crippen MR) is 82.3 cm³/mol. The fourth-order valence-electron chi connectivity index (χ4n) is 2.67. The summed E-state index contributed by atoms with van der Waals surface area (Å²) in [6.07, 6.45) is 2.65. The van der Waals surface area contributed by atoms with E-state index in [1.807, 2.05) is 6.07 Å². The summed E-state index contributed by atoms with van der Waals surface area (Å²) in [6, 6.07) is 12.8. The second kappa shape index (κ2) is 6.54. The number of nitrogens with zero attached hydrogens (tertiary/aromatic N) is 3. The lowest BCUT2D eigenvalue weighted by Gasteiger charge is -2.17. The first kappa shape index (κ1) is 13.8. The van der Waals surface area contributed by atoms with Gasteiger partial charge in [-0.1, -0.05) is 30.3 Å². The molecule has 2 aromatic rings. The van der Waals surface area contributed by atoms with Crippen molar-refractivity contribution in [3.8, 4) is 5.88 Å². The number of ether oxygens (including phenoxy) is 1. The van der Waals surface area contributed by atoms with Crippen LogP contribution >= 0.6 is 0 Å². The van der Waals surface area contributed by atoms with Gasteiger partial charge in [0.25, 0.3) is 0 Å². The SMILES string of the molecule is COc1cc(N[C@H]2CCN(Cc3ccccc3)C2)ncn1. The maximum Gasteiger partial charge on any atom is 0.218 e. The Bertz CT molecular complexity index is 575. The molecule has 5 nitrogen and oxygen atoms in total. The van der Waals surface area contributed by atoms with Gasteiger partial charge in [0, 0.05) is 31.7 Å². The number of hydrogen-bond acceptors (Lipinski definition) is 5. The Balaban J connectivity index is 1.54. The number of methoxy groups -OCH3 is 1. The van der Waals surface area contributed by atoms with Gasteiger partial charge in [0.05, 0.1) is 7.11 Å². The number of aromatic nitrogens is 2. The summed E-state index contributed by atoms with van der Waals surface area (Å²) in [6.45, 7) is 3.14. The van der Waals surface area contributed by atoms with Crippen LogP contribution in [-0.4, -0.2) is 41.1 Å². The summed E-state index contributed by atoms with van der Waals surface area (Å²) in [5.41, 5.74) is 1.36.